The summed E-state index contributed by atoms with van der Waals surface area (Å²) in [6.45, 7) is 7.88. The van der Waals surface area contributed by atoms with Crippen LogP contribution in [0.5, 0.6) is 0 Å². The number of rotatable bonds is 3. The monoisotopic (exact) mass is 301 g/mol. The maximum Gasteiger partial charge on any atom is 0.239 e. The van der Waals surface area contributed by atoms with E-state index in [1.54, 1.807) is 0 Å². The number of nitrogens with zero attached hydrogens (tertiary/aromatic N) is 2. The van der Waals surface area contributed by atoms with Gasteiger partial charge in [0.2, 0.25) is 5.91 Å². The molecule has 1 N–H and O–H groups in total. The summed E-state index contributed by atoms with van der Waals surface area (Å²) in [5, 5.41) is 3.39. The van der Waals surface area contributed by atoms with Crippen molar-refractivity contribution in [3.05, 3.63) is 35.9 Å². The van der Waals surface area contributed by atoms with Gasteiger partial charge in [0.05, 0.1) is 6.04 Å². The third-order valence-corrected chi connectivity index (χ3v) is 4.90. The van der Waals surface area contributed by atoms with Crippen LogP contribution in [0.1, 0.15) is 25.3 Å². The number of hydrogen-bond acceptors (Lipinski definition) is 3. The number of nitrogens with one attached hydrogen (secondary N) is 1. The van der Waals surface area contributed by atoms with E-state index < -0.39 is 0 Å². The first-order valence-corrected chi connectivity index (χ1v) is 8.51. The SMILES string of the molecule is CC1CCNC(C(=O)N2CCN(Cc3ccccc3)CC2)C1. The van der Waals surface area contributed by atoms with Crippen molar-refractivity contribution in [1.82, 2.24) is 15.1 Å². The van der Waals surface area contributed by atoms with Gasteiger partial charge in [-0.05, 0) is 30.9 Å². The predicted molar refractivity (Wildman–Crippen MR) is 88.5 cm³/mol. The summed E-state index contributed by atoms with van der Waals surface area (Å²) in [4.78, 5) is 17.1. The Balaban J connectivity index is 1.48. The number of benzene rings is 1. The van der Waals surface area contributed by atoms with Gasteiger partial charge in [-0.15, -0.1) is 0 Å². The quantitative estimate of drug-likeness (QED) is 0.923. The van der Waals surface area contributed by atoms with E-state index in [-0.39, 0.29) is 6.04 Å². The van der Waals surface area contributed by atoms with Crippen LogP contribution in [0.4, 0.5) is 0 Å². The zero-order valence-electron chi connectivity index (χ0n) is 13.5. The molecule has 1 amide bonds. The van der Waals surface area contributed by atoms with Crippen LogP contribution < -0.4 is 5.32 Å². The molecule has 1 aromatic rings. The molecule has 2 fully saturated rings. The fourth-order valence-corrected chi connectivity index (χ4v) is 3.48. The van der Waals surface area contributed by atoms with E-state index >= 15 is 0 Å². The molecule has 4 heteroatoms. The average Bonchev–Trinajstić information content (AvgIpc) is 2.56. The topological polar surface area (TPSA) is 35.6 Å². The molecule has 1 aromatic carbocycles. The second-order valence-corrected chi connectivity index (χ2v) is 6.72. The van der Waals surface area contributed by atoms with E-state index in [1.807, 2.05) is 0 Å². The highest BCUT2D eigenvalue weighted by Crippen LogP contribution is 2.17. The molecular weight excluding hydrogens is 274 g/mol. The van der Waals surface area contributed by atoms with Crippen LogP contribution in [0.3, 0.4) is 0 Å². The molecule has 3 rings (SSSR count). The van der Waals surface area contributed by atoms with Crippen LogP contribution in [-0.4, -0.2) is 54.5 Å². The van der Waals surface area contributed by atoms with Crippen LogP contribution in [0.25, 0.3) is 0 Å². The van der Waals surface area contributed by atoms with Crippen LogP contribution in [-0.2, 0) is 11.3 Å². The van der Waals surface area contributed by atoms with E-state index in [9.17, 15) is 4.79 Å². The van der Waals surface area contributed by atoms with Gasteiger partial charge in [-0.2, -0.15) is 0 Å². The molecule has 2 heterocycles. The fourth-order valence-electron chi connectivity index (χ4n) is 3.48. The fraction of sp³-hybridized carbons (Fsp3) is 0.611. The van der Waals surface area contributed by atoms with Gasteiger partial charge < -0.3 is 10.2 Å². The molecule has 0 aromatic heterocycles. The molecule has 0 spiro atoms. The Bertz CT molecular complexity index is 482. The summed E-state index contributed by atoms with van der Waals surface area (Å²) < 4.78 is 0. The second-order valence-electron chi connectivity index (χ2n) is 6.72. The second kappa shape index (κ2) is 7.25. The molecule has 0 radical (unpaired) electrons. The van der Waals surface area contributed by atoms with Crippen molar-refractivity contribution in [2.75, 3.05) is 32.7 Å². The highest BCUT2D eigenvalue weighted by Gasteiger charge is 2.30. The number of hydrogen-bond donors (Lipinski definition) is 1. The summed E-state index contributed by atoms with van der Waals surface area (Å²) in [7, 11) is 0. The predicted octanol–water partition coefficient (Wildman–Crippen LogP) is 1.72. The maximum absolute atomic E-state index is 12.6. The minimum Gasteiger partial charge on any atom is -0.339 e. The summed E-state index contributed by atoms with van der Waals surface area (Å²) in [6, 6.07) is 10.6. The zero-order chi connectivity index (χ0) is 15.4. The number of carbonyl (C=O) groups is 1. The summed E-state index contributed by atoms with van der Waals surface area (Å²) in [5.41, 5.74) is 1.35. The van der Waals surface area contributed by atoms with Crippen molar-refractivity contribution in [2.45, 2.75) is 32.4 Å². The minimum atomic E-state index is 0.0458. The van der Waals surface area contributed by atoms with E-state index in [0.29, 0.717) is 11.8 Å². The normalized spacial score (nSPS) is 26.9. The van der Waals surface area contributed by atoms with Crippen molar-refractivity contribution in [3.63, 3.8) is 0 Å². The van der Waals surface area contributed by atoms with Gasteiger partial charge in [-0.25, -0.2) is 0 Å². The molecule has 22 heavy (non-hydrogen) atoms. The lowest BCUT2D eigenvalue weighted by atomic mass is 9.93. The van der Waals surface area contributed by atoms with E-state index in [0.717, 1.165) is 45.7 Å². The van der Waals surface area contributed by atoms with Crippen molar-refractivity contribution >= 4 is 5.91 Å². The summed E-state index contributed by atoms with van der Waals surface area (Å²) in [6.07, 6.45) is 2.18. The largest absolute Gasteiger partial charge is 0.339 e. The molecule has 2 aliphatic rings. The van der Waals surface area contributed by atoms with Gasteiger partial charge >= 0.3 is 0 Å². The minimum absolute atomic E-state index is 0.0458. The Kier molecular flexibility index (Phi) is 5.11. The first-order chi connectivity index (χ1) is 10.7. The number of piperazine rings is 1. The highest BCUT2D eigenvalue weighted by molar-refractivity contribution is 5.82. The Morgan fingerprint density at radius 3 is 2.59 bits per heavy atom. The Morgan fingerprint density at radius 1 is 1.18 bits per heavy atom. The van der Waals surface area contributed by atoms with E-state index in [1.165, 1.54) is 12.0 Å². The van der Waals surface area contributed by atoms with Crippen molar-refractivity contribution in [1.29, 1.82) is 0 Å². The van der Waals surface area contributed by atoms with Gasteiger partial charge in [0.25, 0.3) is 0 Å². The Morgan fingerprint density at radius 2 is 1.91 bits per heavy atom. The van der Waals surface area contributed by atoms with Gasteiger partial charge in [-0.1, -0.05) is 37.3 Å². The van der Waals surface area contributed by atoms with Crippen molar-refractivity contribution < 1.29 is 4.79 Å². The summed E-state index contributed by atoms with van der Waals surface area (Å²) >= 11 is 0. The smallest absolute Gasteiger partial charge is 0.239 e. The van der Waals surface area contributed by atoms with Crippen molar-refractivity contribution in [3.8, 4) is 0 Å². The Hall–Kier alpha value is -1.39. The standard InChI is InChI=1S/C18H27N3O/c1-15-7-8-19-17(13-15)18(22)21-11-9-20(10-12-21)14-16-5-3-2-4-6-16/h2-6,15,17,19H,7-14H2,1H3. The summed E-state index contributed by atoms with van der Waals surface area (Å²) in [5.74, 6) is 0.973. The maximum atomic E-state index is 12.6. The molecule has 0 aliphatic carbocycles. The zero-order valence-corrected chi connectivity index (χ0v) is 13.5. The lowest BCUT2D eigenvalue weighted by Crippen LogP contribution is -2.55. The molecular formula is C18H27N3O. The molecule has 120 valence electrons. The number of amides is 1. The molecule has 2 saturated heterocycles. The van der Waals surface area contributed by atoms with Crippen molar-refractivity contribution in [2.24, 2.45) is 5.92 Å². The Labute approximate surface area is 133 Å². The molecule has 0 bridgehead atoms. The van der Waals surface area contributed by atoms with Gasteiger partial charge in [-0.3, -0.25) is 9.69 Å². The van der Waals surface area contributed by atoms with Crippen LogP contribution >= 0.6 is 0 Å². The third kappa shape index (κ3) is 3.87. The molecule has 2 aliphatic heterocycles. The van der Waals surface area contributed by atoms with E-state index in [4.69, 9.17) is 0 Å². The highest BCUT2D eigenvalue weighted by atomic mass is 16.2. The third-order valence-electron chi connectivity index (χ3n) is 4.90. The lowest BCUT2D eigenvalue weighted by Gasteiger charge is -2.38. The van der Waals surface area contributed by atoms with Crippen LogP contribution in [0, 0.1) is 5.92 Å². The molecule has 2 unspecified atom stereocenters. The molecule has 0 saturated carbocycles. The molecule has 2 atom stereocenters. The first kappa shape index (κ1) is 15.5. The van der Waals surface area contributed by atoms with Crippen LogP contribution in [0.2, 0.25) is 0 Å². The number of carbonyl (C=O) groups excluding carboxylic acids is 1. The lowest BCUT2D eigenvalue weighted by molar-refractivity contribution is -0.136. The number of piperidine rings is 1. The van der Waals surface area contributed by atoms with Crippen LogP contribution in [0.15, 0.2) is 30.3 Å². The van der Waals surface area contributed by atoms with Gasteiger partial charge in [0.15, 0.2) is 0 Å². The average molecular weight is 301 g/mol. The van der Waals surface area contributed by atoms with E-state index in [2.05, 4.69) is 52.4 Å². The van der Waals surface area contributed by atoms with Gasteiger partial charge in [0.1, 0.15) is 0 Å². The van der Waals surface area contributed by atoms with Gasteiger partial charge in [0, 0.05) is 32.7 Å². The first-order valence-electron chi connectivity index (χ1n) is 8.51. The molecule has 4 nitrogen and oxygen atoms in total.